The Hall–Kier alpha value is -6.54. The lowest BCUT2D eigenvalue weighted by molar-refractivity contribution is -0.782. The Labute approximate surface area is 318 Å². The second-order valence-electron chi connectivity index (χ2n) is 13.7. The smallest absolute Gasteiger partial charge is 0.261 e. The topological polar surface area (TPSA) is 255 Å². The standard InChI is InChI=1S/C38H36N10O8/c39-43-37(51)47(35(49)23-7-5-9-25(19-23)45(53)54)17-15-41-33(47)21-31-27-11-1-2-12-28(27)32(30-14-4-3-13-29(30)31)22-34-42-16-18-48(34,38(52)44-40)36(50)24-8-6-10-26(20-24)46(55)56/h1-14,19-20,33-34,41-42H,15-18,21-22,39-40H2/p+2. The van der Waals surface area contributed by atoms with Gasteiger partial charge in [0, 0.05) is 37.1 Å². The number of carbonyl (C=O) groups excluding carboxylic acids is 4. The molecule has 2 saturated heterocycles. The highest BCUT2D eigenvalue weighted by atomic mass is 16.6. The minimum atomic E-state index is -0.843. The molecule has 0 radical (unpaired) electrons. The summed E-state index contributed by atoms with van der Waals surface area (Å²) in [5.41, 5.74) is 5.27. The van der Waals surface area contributed by atoms with Crippen LogP contribution in [0.15, 0.2) is 97.1 Å². The van der Waals surface area contributed by atoms with Gasteiger partial charge in [-0.05, 0) is 44.8 Å². The van der Waals surface area contributed by atoms with Gasteiger partial charge >= 0.3 is 23.9 Å². The summed E-state index contributed by atoms with van der Waals surface area (Å²) >= 11 is 0. The Balaban J connectivity index is 1.34. The zero-order valence-electron chi connectivity index (χ0n) is 29.8. The van der Waals surface area contributed by atoms with Gasteiger partial charge in [0.05, 0.1) is 34.1 Å². The Kier molecular flexibility index (Phi) is 10.1. The van der Waals surface area contributed by atoms with E-state index in [0.717, 1.165) is 44.8 Å². The number of fused-ring (bicyclic) bond motifs is 2. The fourth-order valence-corrected chi connectivity index (χ4v) is 8.38. The van der Waals surface area contributed by atoms with Crippen LogP contribution in [0.2, 0.25) is 0 Å². The van der Waals surface area contributed by atoms with E-state index in [1.807, 2.05) is 48.5 Å². The third-order valence-corrected chi connectivity index (χ3v) is 11.0. The first-order valence-corrected chi connectivity index (χ1v) is 17.7. The van der Waals surface area contributed by atoms with Crippen molar-refractivity contribution >= 4 is 56.8 Å². The van der Waals surface area contributed by atoms with Gasteiger partial charge in [-0.2, -0.15) is 8.97 Å². The molecule has 0 aliphatic carbocycles. The van der Waals surface area contributed by atoms with Gasteiger partial charge in [0.2, 0.25) is 0 Å². The molecule has 0 aromatic heterocycles. The van der Waals surface area contributed by atoms with Crippen LogP contribution in [0.1, 0.15) is 31.8 Å². The molecule has 2 aliphatic rings. The molecule has 6 amide bonds. The van der Waals surface area contributed by atoms with E-state index in [9.17, 15) is 39.4 Å². The summed E-state index contributed by atoms with van der Waals surface area (Å²) in [5, 5.41) is 33.0. The minimum absolute atomic E-state index is 0.0200. The summed E-state index contributed by atoms with van der Waals surface area (Å²) < 4.78 is -1.58. The predicted molar refractivity (Wildman–Crippen MR) is 203 cm³/mol. The number of benzene rings is 5. The lowest BCUT2D eigenvalue weighted by Gasteiger charge is -2.34. The number of nitro groups is 2. The lowest BCUT2D eigenvalue weighted by atomic mass is 9.87. The first-order chi connectivity index (χ1) is 27.0. The third-order valence-electron chi connectivity index (χ3n) is 11.0. The zero-order chi connectivity index (χ0) is 39.8. The Morgan fingerprint density at radius 2 is 0.964 bits per heavy atom. The van der Waals surface area contributed by atoms with Crippen molar-refractivity contribution in [2.45, 2.75) is 25.2 Å². The van der Waals surface area contributed by atoms with E-state index < -0.39 is 55.0 Å². The number of nitrogens with two attached hydrogens (primary N) is 2. The van der Waals surface area contributed by atoms with Gasteiger partial charge in [0.15, 0.2) is 12.3 Å². The van der Waals surface area contributed by atoms with Gasteiger partial charge < -0.3 is 0 Å². The molecule has 56 heavy (non-hydrogen) atoms. The van der Waals surface area contributed by atoms with Gasteiger partial charge in [-0.3, -0.25) is 30.9 Å². The third kappa shape index (κ3) is 6.11. The number of hydrazine groups is 2. The van der Waals surface area contributed by atoms with Crippen molar-refractivity contribution in [3.63, 3.8) is 0 Å². The summed E-state index contributed by atoms with van der Waals surface area (Å²) in [4.78, 5) is 78.1. The molecule has 0 bridgehead atoms. The summed E-state index contributed by atoms with van der Waals surface area (Å²) in [7, 11) is 0. The van der Waals surface area contributed by atoms with Crippen LogP contribution in [-0.4, -0.2) is 81.2 Å². The normalized spacial score (nSPS) is 21.8. The Bertz CT molecular complexity index is 2240. The number of nitrogens with one attached hydrogen (secondary N) is 4. The SMILES string of the molecule is NNC(=O)[N+]1(C(=O)c2cccc([N+](=O)[O-])c2)CCNC1Cc1c2ccccc2c(CC2NCC[N+]2(C(=O)NN)C(=O)c2cccc([N+](=O)[O-])c2)c2ccccc12. The number of imide groups is 2. The molecular weight excluding hydrogens is 724 g/mol. The average molecular weight is 763 g/mol. The van der Waals surface area contributed by atoms with E-state index in [4.69, 9.17) is 11.7 Å². The van der Waals surface area contributed by atoms with Gasteiger partial charge in [-0.15, -0.1) is 0 Å². The van der Waals surface area contributed by atoms with E-state index in [0.29, 0.717) is 0 Å². The van der Waals surface area contributed by atoms with Crippen LogP contribution in [0, 0.1) is 20.2 Å². The maximum Gasteiger partial charge on any atom is 0.439 e. The van der Waals surface area contributed by atoms with E-state index in [-0.39, 0.29) is 61.5 Å². The van der Waals surface area contributed by atoms with Crippen LogP contribution < -0.4 is 33.2 Å². The molecule has 5 aromatic carbocycles. The molecule has 4 unspecified atom stereocenters. The maximum atomic E-state index is 14.4. The zero-order valence-corrected chi connectivity index (χ0v) is 29.8. The number of urea groups is 2. The number of quaternary nitrogens is 2. The molecule has 5 aromatic rings. The summed E-state index contributed by atoms with van der Waals surface area (Å²) in [6.45, 7) is 0.584. The molecule has 2 aliphatic heterocycles. The highest BCUT2D eigenvalue weighted by Gasteiger charge is 2.56. The van der Waals surface area contributed by atoms with E-state index in [1.54, 1.807) is 0 Å². The molecule has 2 fully saturated rings. The van der Waals surface area contributed by atoms with Crippen molar-refractivity contribution in [2.75, 3.05) is 26.2 Å². The predicted octanol–water partition coefficient (Wildman–Crippen LogP) is 3.23. The molecule has 2 heterocycles. The number of nitrogens with zero attached hydrogens (tertiary/aromatic N) is 4. The largest absolute Gasteiger partial charge is 0.439 e. The van der Waals surface area contributed by atoms with Crippen LogP contribution in [0.5, 0.6) is 0 Å². The number of non-ortho nitro benzene ring substituents is 2. The van der Waals surface area contributed by atoms with Gasteiger partial charge in [0.1, 0.15) is 13.1 Å². The Morgan fingerprint density at radius 3 is 1.29 bits per heavy atom. The summed E-state index contributed by atoms with van der Waals surface area (Å²) in [5.74, 6) is 10.1. The second-order valence-corrected chi connectivity index (χ2v) is 13.7. The van der Waals surface area contributed by atoms with Crippen molar-refractivity contribution in [2.24, 2.45) is 11.7 Å². The van der Waals surface area contributed by atoms with Crippen molar-refractivity contribution in [1.29, 1.82) is 0 Å². The molecule has 0 spiro atoms. The van der Waals surface area contributed by atoms with Crippen molar-refractivity contribution in [3.8, 4) is 0 Å². The van der Waals surface area contributed by atoms with Gasteiger partial charge in [-0.25, -0.2) is 41.7 Å². The fourth-order valence-electron chi connectivity index (χ4n) is 8.38. The van der Waals surface area contributed by atoms with Crippen LogP contribution in [0.4, 0.5) is 21.0 Å². The molecule has 8 N–H and O–H groups in total. The quantitative estimate of drug-likeness (QED) is 0.0333. The van der Waals surface area contributed by atoms with Crippen LogP contribution in [-0.2, 0) is 12.8 Å². The van der Waals surface area contributed by atoms with E-state index in [1.165, 1.54) is 36.4 Å². The molecule has 7 rings (SSSR count). The Morgan fingerprint density at radius 1 is 0.607 bits per heavy atom. The van der Waals surface area contributed by atoms with Crippen LogP contribution in [0.25, 0.3) is 21.5 Å². The summed E-state index contributed by atoms with van der Waals surface area (Å²) in [6.07, 6.45) is -1.38. The van der Waals surface area contributed by atoms with E-state index in [2.05, 4.69) is 21.5 Å². The lowest BCUT2D eigenvalue weighted by Crippen LogP contribution is -2.66. The number of hydrogen-bond donors (Lipinski definition) is 6. The van der Waals surface area contributed by atoms with Gasteiger partial charge in [0.25, 0.3) is 11.4 Å². The van der Waals surface area contributed by atoms with E-state index >= 15 is 0 Å². The van der Waals surface area contributed by atoms with Crippen molar-refractivity contribution in [3.05, 3.63) is 140 Å². The monoisotopic (exact) mass is 762 g/mol. The summed E-state index contributed by atoms with van der Waals surface area (Å²) in [6, 6.07) is 24.0. The number of hydrogen-bond acceptors (Lipinski definition) is 12. The fraction of sp³-hybridized carbons (Fsp3) is 0.211. The molecule has 0 saturated carbocycles. The van der Waals surface area contributed by atoms with Crippen molar-refractivity contribution in [1.82, 2.24) is 21.5 Å². The number of nitro benzene ring substituents is 2. The second kappa shape index (κ2) is 14.9. The molecule has 18 nitrogen and oxygen atoms in total. The molecule has 286 valence electrons. The first-order valence-electron chi connectivity index (χ1n) is 17.7. The minimum Gasteiger partial charge on any atom is -0.261 e. The van der Waals surface area contributed by atoms with Gasteiger partial charge in [-0.1, -0.05) is 60.7 Å². The number of amides is 6. The maximum absolute atomic E-state index is 14.4. The van der Waals surface area contributed by atoms with Crippen LogP contribution in [0.3, 0.4) is 0 Å². The first kappa shape index (κ1) is 37.8. The number of carbonyl (C=O) groups is 4. The average Bonchev–Trinajstić information content (AvgIpc) is 3.86. The van der Waals surface area contributed by atoms with Crippen LogP contribution >= 0.6 is 0 Å². The molecular formula is C38H38N10O8+2. The molecule has 18 heteroatoms. The highest BCUT2D eigenvalue weighted by Crippen LogP contribution is 2.38. The molecule has 4 atom stereocenters. The highest BCUT2D eigenvalue weighted by molar-refractivity contribution is 6.06. The van der Waals surface area contributed by atoms with Crippen molar-refractivity contribution < 1.29 is 38.0 Å². The number of rotatable bonds is 8.